The number of esters is 1. The molecule has 264 valence electrons. The van der Waals surface area contributed by atoms with E-state index in [-0.39, 0.29) is 18.4 Å². The number of rotatable bonds is 13. The van der Waals surface area contributed by atoms with Gasteiger partial charge in [-0.15, -0.1) is 0 Å². The minimum absolute atomic E-state index is 0.0629. The first-order valence-corrected chi connectivity index (χ1v) is 16.7. The maximum atomic E-state index is 14.4. The van der Waals surface area contributed by atoms with Crippen molar-refractivity contribution in [1.29, 1.82) is 0 Å². The first kappa shape index (κ1) is 38.1. The number of nitrogens with one attached hydrogen (secondary N) is 3. The highest BCUT2D eigenvalue weighted by Crippen LogP contribution is 2.38. The Hall–Kier alpha value is -4.35. The van der Waals surface area contributed by atoms with Gasteiger partial charge in [-0.3, -0.25) is 14.4 Å². The molecule has 0 unspecified atom stereocenters. The Kier molecular flexibility index (Phi) is 13.2. The van der Waals surface area contributed by atoms with Crippen LogP contribution in [0.4, 0.5) is 4.79 Å². The third-order valence-corrected chi connectivity index (χ3v) is 8.38. The molecule has 2 aromatic rings. The lowest BCUT2D eigenvalue weighted by atomic mass is 9.98. The summed E-state index contributed by atoms with van der Waals surface area (Å²) in [5.41, 5.74) is 0.0648. The first-order valence-electron chi connectivity index (χ1n) is 16.7. The number of benzene rings is 1. The lowest BCUT2D eigenvalue weighted by Gasteiger charge is -2.35. The molecule has 0 saturated carbocycles. The number of carbonyl (C=O) groups is 5. The molecule has 12 heteroatoms. The number of nitrogens with zero attached hydrogens (tertiary/aromatic N) is 1. The van der Waals surface area contributed by atoms with Crippen molar-refractivity contribution in [3.8, 4) is 0 Å². The zero-order valence-corrected chi connectivity index (χ0v) is 29.6. The second-order valence-corrected chi connectivity index (χ2v) is 13.9. The maximum absolute atomic E-state index is 14.4. The number of ether oxygens (including phenoxy) is 2. The molecule has 1 aromatic heterocycles. The van der Waals surface area contributed by atoms with Crippen LogP contribution < -0.4 is 16.0 Å². The van der Waals surface area contributed by atoms with E-state index in [4.69, 9.17) is 13.9 Å². The van der Waals surface area contributed by atoms with Crippen molar-refractivity contribution < 1.29 is 37.9 Å². The Morgan fingerprint density at radius 1 is 0.917 bits per heavy atom. The van der Waals surface area contributed by atoms with Crippen LogP contribution in [0.2, 0.25) is 0 Å². The second-order valence-electron chi connectivity index (χ2n) is 13.9. The molecule has 0 aliphatic carbocycles. The molecule has 12 nitrogen and oxygen atoms in total. The van der Waals surface area contributed by atoms with E-state index < -0.39 is 65.6 Å². The normalized spacial score (nSPS) is 18.8. The Morgan fingerprint density at radius 2 is 1.58 bits per heavy atom. The number of amides is 4. The molecule has 1 aromatic carbocycles. The molecule has 1 aliphatic rings. The van der Waals surface area contributed by atoms with Crippen LogP contribution in [0, 0.1) is 18.8 Å². The average molecular weight is 669 g/mol. The monoisotopic (exact) mass is 668 g/mol. The summed E-state index contributed by atoms with van der Waals surface area (Å²) in [6.07, 6.45) is 0.576. The van der Waals surface area contributed by atoms with Crippen LogP contribution in [0.3, 0.4) is 0 Å². The number of furan rings is 1. The van der Waals surface area contributed by atoms with Crippen LogP contribution >= 0.6 is 0 Å². The molecule has 0 radical (unpaired) electrons. The predicted octanol–water partition coefficient (Wildman–Crippen LogP) is 4.95. The van der Waals surface area contributed by atoms with Gasteiger partial charge >= 0.3 is 12.1 Å². The van der Waals surface area contributed by atoms with Crippen molar-refractivity contribution in [3.63, 3.8) is 0 Å². The van der Waals surface area contributed by atoms with Gasteiger partial charge in [-0.05, 0) is 77.0 Å². The standard InChI is InChI=1S/C36H52N4O8/c1-10-22(4)30(34(44)46-20-25-14-12-11-13-15-25)39-32(42)27-18-17-26(28-19-16-23(5)47-28)40(27)33(43)29(21(2)3)38-31(41)24(6)37-35(45)48-36(7,8)9/h11-16,19,21-22,24,26-27,29-30H,10,17-18,20H2,1-9H3,(H,37,45)(H,38,41)(H,39,42)/t22-,24-,26+,27-,29-,30-/m0/s1. The number of carbonyl (C=O) groups excluding carboxylic acids is 5. The van der Waals surface area contributed by atoms with Crippen molar-refractivity contribution in [1.82, 2.24) is 20.9 Å². The Balaban J connectivity index is 1.85. The zero-order valence-electron chi connectivity index (χ0n) is 29.6. The van der Waals surface area contributed by atoms with Crippen LogP contribution in [0.1, 0.15) is 97.8 Å². The van der Waals surface area contributed by atoms with E-state index >= 15 is 0 Å². The zero-order chi connectivity index (χ0) is 35.8. The van der Waals surface area contributed by atoms with E-state index in [1.165, 1.54) is 11.8 Å². The molecule has 1 aliphatic heterocycles. The summed E-state index contributed by atoms with van der Waals surface area (Å²) < 4.78 is 16.8. The molecule has 6 atom stereocenters. The highest BCUT2D eigenvalue weighted by Gasteiger charge is 2.47. The largest absolute Gasteiger partial charge is 0.464 e. The summed E-state index contributed by atoms with van der Waals surface area (Å²) in [6, 6.07) is 8.34. The predicted molar refractivity (Wildman–Crippen MR) is 179 cm³/mol. The highest BCUT2D eigenvalue weighted by molar-refractivity contribution is 5.95. The summed E-state index contributed by atoms with van der Waals surface area (Å²) in [5, 5.41) is 8.17. The van der Waals surface area contributed by atoms with Gasteiger partial charge in [0.2, 0.25) is 17.7 Å². The van der Waals surface area contributed by atoms with E-state index in [0.717, 1.165) is 5.56 Å². The van der Waals surface area contributed by atoms with E-state index in [9.17, 15) is 24.0 Å². The lowest BCUT2D eigenvalue weighted by molar-refractivity contribution is -0.152. The Morgan fingerprint density at radius 3 is 2.15 bits per heavy atom. The van der Waals surface area contributed by atoms with Crippen molar-refractivity contribution in [3.05, 3.63) is 59.5 Å². The number of alkyl carbamates (subject to hydrolysis) is 1. The van der Waals surface area contributed by atoms with Gasteiger partial charge in [-0.1, -0.05) is 64.4 Å². The van der Waals surface area contributed by atoms with Gasteiger partial charge in [0.1, 0.15) is 47.9 Å². The number of hydrogen-bond acceptors (Lipinski definition) is 8. The van der Waals surface area contributed by atoms with Gasteiger partial charge in [0.25, 0.3) is 0 Å². The van der Waals surface area contributed by atoms with Crippen LogP contribution in [-0.2, 0) is 35.3 Å². The van der Waals surface area contributed by atoms with Crippen molar-refractivity contribution in [2.24, 2.45) is 11.8 Å². The molecule has 0 spiro atoms. The molecule has 48 heavy (non-hydrogen) atoms. The second kappa shape index (κ2) is 16.7. The highest BCUT2D eigenvalue weighted by atomic mass is 16.6. The maximum Gasteiger partial charge on any atom is 0.408 e. The molecule has 0 bridgehead atoms. The van der Waals surface area contributed by atoms with Crippen molar-refractivity contribution >= 4 is 29.8 Å². The number of likely N-dealkylation sites (tertiary alicyclic amines) is 1. The molecule has 3 rings (SSSR count). The topological polar surface area (TPSA) is 156 Å². The van der Waals surface area contributed by atoms with Gasteiger partial charge in [-0.25, -0.2) is 9.59 Å². The molecular formula is C36H52N4O8. The lowest BCUT2D eigenvalue weighted by Crippen LogP contribution is -2.59. The fourth-order valence-electron chi connectivity index (χ4n) is 5.53. The molecule has 3 N–H and O–H groups in total. The van der Waals surface area contributed by atoms with Gasteiger partial charge in [-0.2, -0.15) is 0 Å². The minimum Gasteiger partial charge on any atom is -0.464 e. The minimum atomic E-state index is -1.03. The summed E-state index contributed by atoms with van der Waals surface area (Å²) >= 11 is 0. The van der Waals surface area contributed by atoms with Gasteiger partial charge in [0, 0.05) is 0 Å². The SMILES string of the molecule is CC[C@H](C)[C@H](NC(=O)[C@@H]1CC[C@H](c2ccc(C)o2)N1C(=O)[C@@H](NC(=O)[C@H](C)NC(=O)OC(C)(C)C)C(C)C)C(=O)OCc1ccccc1. The number of hydrogen-bond donors (Lipinski definition) is 3. The third kappa shape index (κ3) is 10.3. The van der Waals surface area contributed by atoms with Crippen molar-refractivity contribution in [2.75, 3.05) is 0 Å². The van der Waals surface area contributed by atoms with Crippen LogP contribution in [0.15, 0.2) is 46.9 Å². The fraction of sp³-hybridized carbons (Fsp3) is 0.583. The Labute approximate surface area is 283 Å². The molecule has 2 heterocycles. The molecular weight excluding hydrogens is 616 g/mol. The molecule has 4 amide bonds. The van der Waals surface area contributed by atoms with E-state index in [2.05, 4.69) is 16.0 Å². The molecule has 1 fully saturated rings. The van der Waals surface area contributed by atoms with Gasteiger partial charge in [0.15, 0.2) is 0 Å². The van der Waals surface area contributed by atoms with Gasteiger partial charge in [0.05, 0.1) is 6.04 Å². The van der Waals surface area contributed by atoms with E-state index in [1.54, 1.807) is 53.7 Å². The third-order valence-electron chi connectivity index (χ3n) is 8.38. The fourth-order valence-corrected chi connectivity index (χ4v) is 5.53. The Bertz CT molecular complexity index is 1420. The summed E-state index contributed by atoms with van der Waals surface area (Å²) in [4.78, 5) is 68.7. The summed E-state index contributed by atoms with van der Waals surface area (Å²) in [7, 11) is 0. The van der Waals surface area contributed by atoms with Gasteiger partial charge < -0.3 is 34.7 Å². The van der Waals surface area contributed by atoms with Crippen molar-refractivity contribution in [2.45, 2.75) is 124 Å². The average Bonchev–Trinajstić information content (AvgIpc) is 3.66. The first-order chi connectivity index (χ1) is 22.5. The van der Waals surface area contributed by atoms with E-state index in [1.807, 2.05) is 44.2 Å². The van der Waals surface area contributed by atoms with E-state index in [0.29, 0.717) is 30.8 Å². The van der Waals surface area contributed by atoms with Crippen LogP contribution in [0.25, 0.3) is 0 Å². The quantitative estimate of drug-likeness (QED) is 0.253. The smallest absolute Gasteiger partial charge is 0.408 e. The summed E-state index contributed by atoms with van der Waals surface area (Å²) in [6.45, 7) is 15.8. The van der Waals surface area contributed by atoms with Crippen LogP contribution in [0.5, 0.6) is 0 Å². The molecule has 1 saturated heterocycles. The number of aryl methyl sites for hydroxylation is 1. The van der Waals surface area contributed by atoms with Crippen LogP contribution in [-0.4, -0.2) is 64.5 Å². The summed E-state index contributed by atoms with van der Waals surface area (Å²) in [5.74, 6) is -1.57.